The normalized spacial score (nSPS) is 11.9. The summed E-state index contributed by atoms with van der Waals surface area (Å²) in [7, 11) is 0. The third kappa shape index (κ3) is 19.1. The molecule has 0 saturated heterocycles. The van der Waals surface area contributed by atoms with Gasteiger partial charge in [0.2, 0.25) is 0 Å². The molecule has 2 atom stereocenters. The van der Waals surface area contributed by atoms with Gasteiger partial charge in [-0.15, -0.1) is 0 Å². The van der Waals surface area contributed by atoms with Crippen molar-refractivity contribution in [3.63, 3.8) is 0 Å². The summed E-state index contributed by atoms with van der Waals surface area (Å²) in [5.41, 5.74) is 9.88. The molecule has 0 rings (SSSR count). The third-order valence-electron chi connectivity index (χ3n) is 1.94. The van der Waals surface area contributed by atoms with Crippen LogP contribution in [0.3, 0.4) is 0 Å². The van der Waals surface area contributed by atoms with Gasteiger partial charge in [0.05, 0.1) is 11.9 Å². The summed E-state index contributed by atoms with van der Waals surface area (Å²) in [5, 5.41) is 35.9. The van der Waals surface area contributed by atoms with Gasteiger partial charge in [0.1, 0.15) is 0 Å². The van der Waals surface area contributed by atoms with E-state index in [1.54, 1.807) is 0 Å². The number of carbonyl (C=O) groups excluding carboxylic acids is 2. The minimum Gasteiger partial charge on any atom is -0.548 e. The van der Waals surface area contributed by atoms with Crippen LogP contribution >= 0.6 is 0 Å². The Labute approximate surface area is 150 Å². The molecule has 0 aromatic rings. The fourth-order valence-electron chi connectivity index (χ4n) is 0.794. The zero-order valence-electron chi connectivity index (χ0n) is 11.2. The molecule has 0 aliphatic rings. The Morgan fingerprint density at radius 3 is 1.19 bits per heavy atom. The SMILES string of the molecule is N[C@@H](CCC(=O)O)C(=O)[O-].N[C@@H](CCC(=O)O)C(=O)[O-].[Ca+2]. The monoisotopic (exact) mass is 332 g/mol. The molecule has 0 bridgehead atoms. The largest absolute Gasteiger partial charge is 2.00 e. The van der Waals surface area contributed by atoms with Crippen molar-refractivity contribution >= 4 is 61.6 Å². The van der Waals surface area contributed by atoms with E-state index >= 15 is 0 Å². The van der Waals surface area contributed by atoms with Crippen LogP contribution < -0.4 is 21.7 Å². The van der Waals surface area contributed by atoms with Gasteiger partial charge in [-0.3, -0.25) is 9.59 Å². The van der Waals surface area contributed by atoms with Crippen molar-refractivity contribution in [2.75, 3.05) is 0 Å². The summed E-state index contributed by atoms with van der Waals surface area (Å²) >= 11 is 0. The number of aliphatic carboxylic acids is 4. The Hall–Kier alpha value is -0.940. The Morgan fingerprint density at radius 1 is 0.810 bits per heavy atom. The van der Waals surface area contributed by atoms with Crippen molar-refractivity contribution in [2.24, 2.45) is 11.5 Å². The van der Waals surface area contributed by atoms with E-state index in [0.29, 0.717) is 0 Å². The van der Waals surface area contributed by atoms with Gasteiger partial charge in [0.25, 0.3) is 0 Å². The smallest absolute Gasteiger partial charge is 0.548 e. The van der Waals surface area contributed by atoms with Gasteiger partial charge in [-0.05, 0) is 12.8 Å². The zero-order valence-corrected chi connectivity index (χ0v) is 13.4. The summed E-state index contributed by atoms with van der Waals surface area (Å²) in [5.74, 6) is -4.95. The van der Waals surface area contributed by atoms with Gasteiger partial charge in [-0.25, -0.2) is 0 Å². The van der Waals surface area contributed by atoms with Gasteiger partial charge < -0.3 is 41.5 Å². The molecule has 0 aliphatic heterocycles. The molecule has 6 N–H and O–H groups in total. The average molecular weight is 332 g/mol. The molecule has 0 radical (unpaired) electrons. The van der Waals surface area contributed by atoms with Crippen LogP contribution in [0.5, 0.6) is 0 Å². The minimum atomic E-state index is -1.42. The molecular formula is C10H16CaN2O8. The van der Waals surface area contributed by atoms with Crippen molar-refractivity contribution in [3.05, 3.63) is 0 Å². The first-order valence-electron chi connectivity index (χ1n) is 5.44. The fraction of sp³-hybridized carbons (Fsp3) is 0.600. The molecule has 0 amide bonds. The molecule has 0 saturated carbocycles. The molecule has 21 heavy (non-hydrogen) atoms. The van der Waals surface area contributed by atoms with E-state index in [1.165, 1.54) is 0 Å². The van der Waals surface area contributed by atoms with E-state index in [4.69, 9.17) is 21.7 Å². The number of hydrogen-bond donors (Lipinski definition) is 4. The van der Waals surface area contributed by atoms with Gasteiger partial charge in [-0.1, -0.05) is 0 Å². The summed E-state index contributed by atoms with van der Waals surface area (Å²) in [4.78, 5) is 39.5. The van der Waals surface area contributed by atoms with Crippen molar-refractivity contribution < 1.29 is 39.6 Å². The summed E-state index contributed by atoms with van der Waals surface area (Å²) < 4.78 is 0. The number of rotatable bonds is 8. The van der Waals surface area contributed by atoms with Crippen LogP contribution in [0.1, 0.15) is 25.7 Å². The predicted molar refractivity (Wildman–Crippen MR) is 65.5 cm³/mol. The van der Waals surface area contributed by atoms with Crippen molar-refractivity contribution in [3.8, 4) is 0 Å². The number of nitrogens with two attached hydrogens (primary N) is 2. The Bertz CT molecular complexity index is 329. The number of carboxylic acid groups (broad SMARTS) is 4. The van der Waals surface area contributed by atoms with E-state index in [-0.39, 0.29) is 63.4 Å². The molecule has 0 aromatic heterocycles. The van der Waals surface area contributed by atoms with E-state index in [9.17, 15) is 29.4 Å². The quantitative estimate of drug-likeness (QED) is 0.313. The van der Waals surface area contributed by atoms with E-state index in [0.717, 1.165) is 0 Å². The molecule has 0 spiro atoms. The summed E-state index contributed by atoms with van der Waals surface area (Å²) in [6.45, 7) is 0. The van der Waals surface area contributed by atoms with Gasteiger partial charge in [-0.2, -0.15) is 0 Å². The molecule has 0 fully saturated rings. The van der Waals surface area contributed by atoms with Crippen LogP contribution in [0.4, 0.5) is 0 Å². The first-order valence-corrected chi connectivity index (χ1v) is 5.44. The maximum Gasteiger partial charge on any atom is 2.00 e. The first kappa shape index (κ1) is 25.0. The van der Waals surface area contributed by atoms with Gasteiger partial charge >= 0.3 is 49.7 Å². The number of carboxylic acids is 4. The number of carbonyl (C=O) groups is 4. The second-order valence-electron chi connectivity index (χ2n) is 3.72. The van der Waals surface area contributed by atoms with Crippen LogP contribution in [0, 0.1) is 0 Å². The summed E-state index contributed by atoms with van der Waals surface area (Å²) in [6, 6.07) is -2.34. The molecule has 0 heterocycles. The molecule has 10 nitrogen and oxygen atoms in total. The van der Waals surface area contributed by atoms with Crippen LogP contribution in [0.2, 0.25) is 0 Å². The average Bonchev–Trinajstić information content (AvgIpc) is 2.33. The van der Waals surface area contributed by atoms with Crippen LogP contribution in [-0.4, -0.2) is 83.9 Å². The first-order chi connectivity index (χ1) is 9.07. The minimum absolute atomic E-state index is 0. The van der Waals surface area contributed by atoms with Gasteiger partial charge in [0, 0.05) is 24.9 Å². The second kappa shape index (κ2) is 14.0. The van der Waals surface area contributed by atoms with E-state index < -0.39 is 36.0 Å². The topological polar surface area (TPSA) is 207 Å². The fourth-order valence-corrected chi connectivity index (χ4v) is 0.794. The zero-order chi connectivity index (χ0) is 16.3. The predicted octanol–water partition coefficient (Wildman–Crippen LogP) is -4.52. The molecule has 0 aliphatic carbocycles. The Morgan fingerprint density at radius 2 is 1.05 bits per heavy atom. The summed E-state index contributed by atoms with van der Waals surface area (Å²) in [6.07, 6.45) is -0.653. The van der Waals surface area contributed by atoms with Crippen molar-refractivity contribution in [1.29, 1.82) is 0 Å². The standard InChI is InChI=1S/2C5H9NO4.Ca/c2*6-3(5(9)10)1-2-4(7)8;/h2*3H,1-2,6H2,(H,7,8)(H,9,10);/q;;+2/p-2/t2*3-;/m00./s1. The Kier molecular flexibility index (Phi) is 16.7. The molecular weight excluding hydrogens is 316 g/mol. The molecule has 0 unspecified atom stereocenters. The number of hydrogen-bond acceptors (Lipinski definition) is 8. The second-order valence-corrected chi connectivity index (χ2v) is 3.72. The van der Waals surface area contributed by atoms with Crippen molar-refractivity contribution in [2.45, 2.75) is 37.8 Å². The third-order valence-corrected chi connectivity index (χ3v) is 1.94. The van der Waals surface area contributed by atoms with Crippen LogP contribution in [0.15, 0.2) is 0 Å². The maximum absolute atomic E-state index is 9.88. The molecule has 11 heteroatoms. The van der Waals surface area contributed by atoms with Crippen LogP contribution in [-0.2, 0) is 19.2 Å². The van der Waals surface area contributed by atoms with E-state index in [2.05, 4.69) is 0 Å². The van der Waals surface area contributed by atoms with Crippen LogP contribution in [0.25, 0.3) is 0 Å². The van der Waals surface area contributed by atoms with Crippen molar-refractivity contribution in [1.82, 2.24) is 0 Å². The molecule has 0 aromatic carbocycles. The Balaban J connectivity index is -0.000000295. The van der Waals surface area contributed by atoms with E-state index in [1.807, 2.05) is 0 Å². The maximum atomic E-state index is 9.88. The molecule has 116 valence electrons. The van der Waals surface area contributed by atoms with Gasteiger partial charge in [0.15, 0.2) is 0 Å².